The van der Waals surface area contributed by atoms with Crippen LogP contribution in [0, 0.1) is 0 Å². The summed E-state index contributed by atoms with van der Waals surface area (Å²) in [6.45, 7) is 3.06. The fraction of sp³-hybridized carbons (Fsp3) is 0.500. The molecule has 0 amide bonds. The van der Waals surface area contributed by atoms with Crippen molar-refractivity contribution in [1.29, 1.82) is 0 Å². The van der Waals surface area contributed by atoms with Gasteiger partial charge in [-0.3, -0.25) is 4.79 Å². The van der Waals surface area contributed by atoms with Crippen LogP contribution in [-0.4, -0.2) is 35.6 Å². The summed E-state index contributed by atoms with van der Waals surface area (Å²) in [4.78, 5) is 13.4. The van der Waals surface area contributed by atoms with E-state index in [0.717, 1.165) is 29.7 Å². The van der Waals surface area contributed by atoms with Crippen molar-refractivity contribution in [3.05, 3.63) is 34.3 Å². The van der Waals surface area contributed by atoms with Gasteiger partial charge in [0.2, 0.25) is 0 Å². The van der Waals surface area contributed by atoms with Crippen LogP contribution in [-0.2, 0) is 4.79 Å². The topological polar surface area (TPSA) is 40.5 Å². The molecule has 0 saturated carbocycles. The molecule has 1 aromatic rings. The van der Waals surface area contributed by atoms with E-state index in [1.807, 2.05) is 24.3 Å². The predicted octanol–water partition coefficient (Wildman–Crippen LogP) is 3.10. The third-order valence-electron chi connectivity index (χ3n) is 3.44. The third kappa shape index (κ3) is 3.82. The van der Waals surface area contributed by atoms with Crippen LogP contribution >= 0.6 is 15.9 Å². The molecular weight excluding hydrogens is 294 g/mol. The molecule has 1 saturated heterocycles. The number of halogens is 1. The average molecular weight is 312 g/mol. The zero-order chi connectivity index (χ0) is 13.0. The standard InChI is InChI=1S/C14H18BrNO2/c15-13-5-3-11(4-6-13)12(9-14(17)18)10-16-7-1-2-8-16/h3-6,12H,1-2,7-10H2,(H,17,18). The smallest absolute Gasteiger partial charge is 0.304 e. The van der Waals surface area contributed by atoms with Gasteiger partial charge >= 0.3 is 5.97 Å². The number of hydrogen-bond acceptors (Lipinski definition) is 2. The van der Waals surface area contributed by atoms with Crippen molar-refractivity contribution in [3.8, 4) is 0 Å². The maximum Gasteiger partial charge on any atom is 0.304 e. The van der Waals surface area contributed by atoms with E-state index in [1.165, 1.54) is 12.8 Å². The molecule has 0 spiro atoms. The molecule has 98 valence electrons. The Hall–Kier alpha value is -0.870. The van der Waals surface area contributed by atoms with E-state index in [4.69, 9.17) is 5.11 Å². The minimum Gasteiger partial charge on any atom is -0.481 e. The molecule has 0 radical (unpaired) electrons. The Kier molecular flexibility index (Phi) is 4.78. The predicted molar refractivity (Wildman–Crippen MR) is 74.8 cm³/mol. The molecular formula is C14H18BrNO2. The molecule has 1 heterocycles. The van der Waals surface area contributed by atoms with Crippen LogP contribution in [0.2, 0.25) is 0 Å². The Labute approximate surface area is 116 Å². The lowest BCUT2D eigenvalue weighted by atomic mass is 9.95. The van der Waals surface area contributed by atoms with Gasteiger partial charge < -0.3 is 10.0 Å². The van der Waals surface area contributed by atoms with Gasteiger partial charge in [-0.25, -0.2) is 0 Å². The molecule has 0 bridgehead atoms. The van der Waals surface area contributed by atoms with Gasteiger partial charge in [0, 0.05) is 16.9 Å². The molecule has 1 N–H and O–H groups in total. The number of hydrogen-bond donors (Lipinski definition) is 1. The third-order valence-corrected chi connectivity index (χ3v) is 3.97. The second kappa shape index (κ2) is 6.34. The van der Waals surface area contributed by atoms with Crippen LogP contribution in [0.1, 0.15) is 30.7 Å². The summed E-state index contributed by atoms with van der Waals surface area (Å²) in [5.74, 6) is -0.629. The highest BCUT2D eigenvalue weighted by Gasteiger charge is 2.21. The zero-order valence-corrected chi connectivity index (χ0v) is 11.9. The summed E-state index contributed by atoms with van der Waals surface area (Å²) in [5.41, 5.74) is 1.12. The number of carboxylic acids is 1. The van der Waals surface area contributed by atoms with E-state index < -0.39 is 5.97 Å². The Balaban J connectivity index is 2.07. The van der Waals surface area contributed by atoms with Gasteiger partial charge in [-0.15, -0.1) is 0 Å². The fourth-order valence-electron chi connectivity index (χ4n) is 2.51. The van der Waals surface area contributed by atoms with Gasteiger partial charge in [0.15, 0.2) is 0 Å². The molecule has 3 nitrogen and oxygen atoms in total. The summed E-state index contributed by atoms with van der Waals surface area (Å²) in [7, 11) is 0. The van der Waals surface area contributed by atoms with Crippen molar-refractivity contribution in [2.24, 2.45) is 0 Å². The Bertz CT molecular complexity index is 399. The van der Waals surface area contributed by atoms with Crippen molar-refractivity contribution in [2.45, 2.75) is 25.2 Å². The number of rotatable bonds is 5. The van der Waals surface area contributed by atoms with Crippen LogP contribution in [0.5, 0.6) is 0 Å². The largest absolute Gasteiger partial charge is 0.481 e. The van der Waals surface area contributed by atoms with Crippen molar-refractivity contribution in [1.82, 2.24) is 4.90 Å². The Morgan fingerprint density at radius 3 is 2.44 bits per heavy atom. The van der Waals surface area contributed by atoms with Gasteiger partial charge in [0.25, 0.3) is 0 Å². The van der Waals surface area contributed by atoms with Gasteiger partial charge in [-0.2, -0.15) is 0 Å². The minimum absolute atomic E-state index is 0.0914. The van der Waals surface area contributed by atoms with Crippen LogP contribution < -0.4 is 0 Å². The van der Waals surface area contributed by atoms with Crippen LogP contribution in [0.15, 0.2) is 28.7 Å². The highest BCUT2D eigenvalue weighted by molar-refractivity contribution is 9.10. The molecule has 1 atom stereocenters. The van der Waals surface area contributed by atoms with E-state index in [2.05, 4.69) is 20.8 Å². The summed E-state index contributed by atoms with van der Waals surface area (Å²) < 4.78 is 1.03. The van der Waals surface area contributed by atoms with Gasteiger partial charge in [0.1, 0.15) is 0 Å². The van der Waals surface area contributed by atoms with Crippen molar-refractivity contribution in [3.63, 3.8) is 0 Å². The average Bonchev–Trinajstić information content (AvgIpc) is 2.81. The molecule has 0 aromatic heterocycles. The SMILES string of the molecule is O=C(O)CC(CN1CCCC1)c1ccc(Br)cc1. The van der Waals surface area contributed by atoms with Crippen molar-refractivity contribution < 1.29 is 9.90 Å². The van der Waals surface area contributed by atoms with E-state index in [9.17, 15) is 4.79 Å². The zero-order valence-electron chi connectivity index (χ0n) is 10.3. The first-order valence-electron chi connectivity index (χ1n) is 6.35. The Morgan fingerprint density at radius 2 is 1.89 bits per heavy atom. The number of nitrogens with zero attached hydrogens (tertiary/aromatic N) is 1. The molecule has 4 heteroatoms. The first kappa shape index (κ1) is 13.6. The van der Waals surface area contributed by atoms with Crippen LogP contribution in [0.4, 0.5) is 0 Å². The first-order valence-corrected chi connectivity index (χ1v) is 7.14. The molecule has 1 aliphatic heterocycles. The maximum absolute atomic E-state index is 11.0. The lowest BCUT2D eigenvalue weighted by molar-refractivity contribution is -0.137. The molecule has 0 aliphatic carbocycles. The highest BCUT2D eigenvalue weighted by atomic mass is 79.9. The van der Waals surface area contributed by atoms with E-state index >= 15 is 0 Å². The summed E-state index contributed by atoms with van der Waals surface area (Å²) in [6, 6.07) is 8.00. The fourth-order valence-corrected chi connectivity index (χ4v) is 2.77. The number of aliphatic carboxylic acids is 1. The molecule has 1 aromatic carbocycles. The minimum atomic E-state index is -0.720. The quantitative estimate of drug-likeness (QED) is 0.908. The number of benzene rings is 1. The monoisotopic (exact) mass is 311 g/mol. The number of carboxylic acid groups (broad SMARTS) is 1. The highest BCUT2D eigenvalue weighted by Crippen LogP contribution is 2.24. The molecule has 1 fully saturated rings. The van der Waals surface area contributed by atoms with E-state index in [-0.39, 0.29) is 12.3 Å². The second-order valence-electron chi connectivity index (χ2n) is 4.85. The molecule has 1 unspecified atom stereocenters. The lowest BCUT2D eigenvalue weighted by Crippen LogP contribution is -2.26. The Morgan fingerprint density at radius 1 is 1.28 bits per heavy atom. The van der Waals surface area contributed by atoms with Gasteiger partial charge in [-0.1, -0.05) is 28.1 Å². The maximum atomic E-state index is 11.0. The normalized spacial score (nSPS) is 17.8. The number of likely N-dealkylation sites (tertiary alicyclic amines) is 1. The van der Waals surface area contributed by atoms with Gasteiger partial charge in [0.05, 0.1) is 6.42 Å². The van der Waals surface area contributed by atoms with Crippen LogP contribution in [0.3, 0.4) is 0 Å². The van der Waals surface area contributed by atoms with Crippen molar-refractivity contribution >= 4 is 21.9 Å². The molecule has 1 aliphatic rings. The summed E-state index contributed by atoms with van der Waals surface area (Å²) >= 11 is 3.41. The lowest BCUT2D eigenvalue weighted by Gasteiger charge is -2.22. The summed E-state index contributed by atoms with van der Waals surface area (Å²) in [6.07, 6.45) is 2.68. The summed E-state index contributed by atoms with van der Waals surface area (Å²) in [5, 5.41) is 9.05. The van der Waals surface area contributed by atoms with Crippen molar-refractivity contribution in [2.75, 3.05) is 19.6 Å². The van der Waals surface area contributed by atoms with E-state index in [0.29, 0.717) is 0 Å². The van der Waals surface area contributed by atoms with E-state index in [1.54, 1.807) is 0 Å². The first-order chi connectivity index (χ1) is 8.65. The van der Waals surface area contributed by atoms with Crippen LogP contribution in [0.25, 0.3) is 0 Å². The molecule has 18 heavy (non-hydrogen) atoms. The molecule has 2 rings (SSSR count). The van der Waals surface area contributed by atoms with Gasteiger partial charge in [-0.05, 0) is 43.6 Å². The second-order valence-corrected chi connectivity index (χ2v) is 5.77. The number of carbonyl (C=O) groups is 1.